The van der Waals surface area contributed by atoms with Crippen molar-refractivity contribution in [3.63, 3.8) is 0 Å². The predicted octanol–water partition coefficient (Wildman–Crippen LogP) is 3.34. The predicted molar refractivity (Wildman–Crippen MR) is 78.4 cm³/mol. The van der Waals surface area contributed by atoms with Gasteiger partial charge in [-0.25, -0.2) is 4.98 Å². The Bertz CT molecular complexity index is 456. The van der Waals surface area contributed by atoms with Crippen LogP contribution in [0.2, 0.25) is 5.02 Å². The summed E-state index contributed by atoms with van der Waals surface area (Å²) in [5, 5.41) is 6.22. The minimum Gasteiger partial charge on any atom is -0.384 e. The number of likely N-dealkylation sites (N-methyl/N-ethyl adjacent to an activating group) is 1. The quantitative estimate of drug-likeness (QED) is 0.880. The average molecular weight is 282 g/mol. The molecule has 0 atom stereocenters. The fourth-order valence-corrected chi connectivity index (χ4v) is 2.31. The standard InChI is InChI=1S/C13H16ClN3S/c1-17(8-13-9-18-10-16-13)7-6-15-12-4-2-11(14)3-5-12/h2-5,9-10,15H,6-8H2,1H3. The summed E-state index contributed by atoms with van der Waals surface area (Å²) in [4.78, 5) is 6.52. The first-order chi connectivity index (χ1) is 8.74. The van der Waals surface area contributed by atoms with Gasteiger partial charge in [0.15, 0.2) is 0 Å². The van der Waals surface area contributed by atoms with Crippen LogP contribution in [0.1, 0.15) is 5.69 Å². The fourth-order valence-electron chi connectivity index (χ4n) is 1.63. The molecule has 0 bridgehead atoms. The van der Waals surface area contributed by atoms with Crippen LogP contribution in [-0.4, -0.2) is 30.0 Å². The topological polar surface area (TPSA) is 28.2 Å². The minimum absolute atomic E-state index is 0.765. The molecule has 0 aliphatic rings. The zero-order chi connectivity index (χ0) is 12.8. The lowest BCUT2D eigenvalue weighted by Crippen LogP contribution is -2.24. The monoisotopic (exact) mass is 281 g/mol. The summed E-state index contributed by atoms with van der Waals surface area (Å²) in [6.45, 7) is 2.77. The Morgan fingerprint density at radius 1 is 1.33 bits per heavy atom. The Hall–Kier alpha value is -1.10. The minimum atomic E-state index is 0.765. The number of thiazole rings is 1. The Morgan fingerprint density at radius 2 is 2.11 bits per heavy atom. The number of halogens is 1. The molecule has 1 aromatic carbocycles. The maximum Gasteiger partial charge on any atom is 0.0795 e. The van der Waals surface area contributed by atoms with Crippen LogP contribution in [0.3, 0.4) is 0 Å². The zero-order valence-electron chi connectivity index (χ0n) is 10.3. The van der Waals surface area contributed by atoms with E-state index in [1.54, 1.807) is 11.3 Å². The molecule has 3 nitrogen and oxygen atoms in total. The number of hydrogen-bond acceptors (Lipinski definition) is 4. The number of nitrogens with one attached hydrogen (secondary N) is 1. The third-order valence-electron chi connectivity index (χ3n) is 2.58. The lowest BCUT2D eigenvalue weighted by molar-refractivity contribution is 0.336. The summed E-state index contributed by atoms with van der Waals surface area (Å²) >= 11 is 7.47. The molecule has 2 aromatic rings. The van der Waals surface area contributed by atoms with Crippen LogP contribution in [0.4, 0.5) is 5.69 Å². The molecule has 1 aromatic heterocycles. The highest BCUT2D eigenvalue weighted by molar-refractivity contribution is 7.07. The Balaban J connectivity index is 1.70. The van der Waals surface area contributed by atoms with E-state index in [0.717, 1.165) is 36.0 Å². The number of anilines is 1. The molecule has 1 heterocycles. The van der Waals surface area contributed by atoms with E-state index < -0.39 is 0 Å². The second kappa shape index (κ2) is 6.73. The van der Waals surface area contributed by atoms with Crippen molar-refractivity contribution in [2.75, 3.05) is 25.5 Å². The van der Waals surface area contributed by atoms with Gasteiger partial charge in [0.25, 0.3) is 0 Å². The zero-order valence-corrected chi connectivity index (χ0v) is 11.8. The van der Waals surface area contributed by atoms with E-state index in [4.69, 9.17) is 11.6 Å². The molecule has 18 heavy (non-hydrogen) atoms. The lowest BCUT2D eigenvalue weighted by atomic mass is 10.3. The number of rotatable bonds is 6. The van der Waals surface area contributed by atoms with Crippen LogP contribution >= 0.6 is 22.9 Å². The van der Waals surface area contributed by atoms with Crippen LogP contribution in [0.15, 0.2) is 35.2 Å². The highest BCUT2D eigenvalue weighted by Crippen LogP contribution is 2.13. The summed E-state index contributed by atoms with van der Waals surface area (Å²) in [5.41, 5.74) is 4.10. The maximum absolute atomic E-state index is 5.83. The van der Waals surface area contributed by atoms with Crippen molar-refractivity contribution in [1.82, 2.24) is 9.88 Å². The number of benzene rings is 1. The normalized spacial score (nSPS) is 10.8. The molecule has 0 spiro atoms. The van der Waals surface area contributed by atoms with Gasteiger partial charge in [-0.05, 0) is 31.3 Å². The largest absolute Gasteiger partial charge is 0.384 e. The fraction of sp³-hybridized carbons (Fsp3) is 0.308. The molecule has 0 fully saturated rings. The summed E-state index contributed by atoms with van der Waals surface area (Å²) in [5.74, 6) is 0. The van der Waals surface area contributed by atoms with Crippen LogP contribution in [0.25, 0.3) is 0 Å². The van der Waals surface area contributed by atoms with E-state index in [1.807, 2.05) is 29.8 Å². The molecule has 0 unspecified atom stereocenters. The first kappa shape index (κ1) is 13.3. The van der Waals surface area contributed by atoms with Crippen molar-refractivity contribution >= 4 is 28.6 Å². The molecule has 2 rings (SSSR count). The summed E-state index contributed by atoms with van der Waals surface area (Å²) in [6, 6.07) is 7.76. The van der Waals surface area contributed by atoms with Crippen molar-refractivity contribution in [3.8, 4) is 0 Å². The maximum atomic E-state index is 5.83. The van der Waals surface area contributed by atoms with E-state index in [2.05, 4.69) is 27.6 Å². The van der Waals surface area contributed by atoms with Gasteiger partial charge < -0.3 is 5.32 Å². The molecular formula is C13H16ClN3S. The van der Waals surface area contributed by atoms with E-state index in [9.17, 15) is 0 Å². The first-order valence-electron chi connectivity index (χ1n) is 5.79. The summed E-state index contributed by atoms with van der Waals surface area (Å²) in [6.07, 6.45) is 0. The van der Waals surface area contributed by atoms with Crippen molar-refractivity contribution in [2.24, 2.45) is 0 Å². The van der Waals surface area contributed by atoms with Crippen LogP contribution < -0.4 is 5.32 Å². The van der Waals surface area contributed by atoms with Crippen LogP contribution in [0, 0.1) is 0 Å². The van der Waals surface area contributed by atoms with Crippen molar-refractivity contribution < 1.29 is 0 Å². The number of nitrogens with zero attached hydrogens (tertiary/aromatic N) is 2. The van der Waals surface area contributed by atoms with Crippen molar-refractivity contribution in [2.45, 2.75) is 6.54 Å². The molecule has 0 aliphatic heterocycles. The van der Waals surface area contributed by atoms with Gasteiger partial charge in [0.05, 0.1) is 11.2 Å². The first-order valence-corrected chi connectivity index (χ1v) is 7.11. The smallest absolute Gasteiger partial charge is 0.0795 e. The number of aromatic nitrogens is 1. The molecule has 0 amide bonds. The average Bonchev–Trinajstić information content (AvgIpc) is 2.84. The molecule has 0 saturated heterocycles. The van der Waals surface area contributed by atoms with Gasteiger partial charge in [-0.2, -0.15) is 0 Å². The van der Waals surface area contributed by atoms with Gasteiger partial charge in [0, 0.05) is 35.7 Å². The van der Waals surface area contributed by atoms with Crippen molar-refractivity contribution in [1.29, 1.82) is 0 Å². The van der Waals surface area contributed by atoms with Crippen LogP contribution in [0.5, 0.6) is 0 Å². The highest BCUT2D eigenvalue weighted by Gasteiger charge is 2.01. The second-order valence-corrected chi connectivity index (χ2v) is 5.31. The molecule has 0 saturated carbocycles. The van der Waals surface area contributed by atoms with Crippen LogP contribution in [-0.2, 0) is 6.54 Å². The van der Waals surface area contributed by atoms with Crippen molar-refractivity contribution in [3.05, 3.63) is 45.9 Å². The molecule has 96 valence electrons. The van der Waals surface area contributed by atoms with Gasteiger partial charge in [0.1, 0.15) is 0 Å². The van der Waals surface area contributed by atoms with E-state index in [1.165, 1.54) is 0 Å². The van der Waals surface area contributed by atoms with Gasteiger partial charge in [-0.15, -0.1) is 11.3 Å². The summed E-state index contributed by atoms with van der Waals surface area (Å²) < 4.78 is 0. The van der Waals surface area contributed by atoms with E-state index in [-0.39, 0.29) is 0 Å². The molecular weight excluding hydrogens is 266 g/mol. The lowest BCUT2D eigenvalue weighted by Gasteiger charge is -2.16. The highest BCUT2D eigenvalue weighted by atomic mass is 35.5. The Morgan fingerprint density at radius 3 is 2.78 bits per heavy atom. The summed E-state index contributed by atoms with van der Waals surface area (Å²) in [7, 11) is 2.10. The van der Waals surface area contributed by atoms with E-state index in [0.29, 0.717) is 0 Å². The second-order valence-electron chi connectivity index (χ2n) is 4.15. The number of hydrogen-bond donors (Lipinski definition) is 1. The Kier molecular flexibility index (Phi) is 4.99. The molecule has 0 radical (unpaired) electrons. The van der Waals surface area contributed by atoms with Gasteiger partial charge >= 0.3 is 0 Å². The van der Waals surface area contributed by atoms with Gasteiger partial charge in [-0.1, -0.05) is 11.6 Å². The molecule has 0 aliphatic carbocycles. The van der Waals surface area contributed by atoms with Gasteiger partial charge in [0.2, 0.25) is 0 Å². The van der Waals surface area contributed by atoms with Gasteiger partial charge in [-0.3, -0.25) is 4.90 Å². The third kappa shape index (κ3) is 4.29. The third-order valence-corrected chi connectivity index (χ3v) is 3.47. The Labute approximate surface area is 116 Å². The molecule has 5 heteroatoms. The SMILES string of the molecule is CN(CCNc1ccc(Cl)cc1)Cc1cscn1. The molecule has 1 N–H and O–H groups in total. The van der Waals surface area contributed by atoms with E-state index >= 15 is 0 Å².